The van der Waals surface area contributed by atoms with Crippen molar-refractivity contribution in [1.82, 2.24) is 4.90 Å². The minimum Gasteiger partial charge on any atom is -0.466 e. The zero-order valence-corrected chi connectivity index (χ0v) is 13.4. The molecular weight excluding hydrogens is 294 g/mol. The molecule has 1 heterocycles. The standard InChI is InChI=1S/C14H25NO5S/c1-2-3-7-19-13(17)5-4-8-21-9-6-15-12(10-16)11-20-14(15)18/h12,16H,2-11H2,1H3. The Morgan fingerprint density at radius 2 is 2.29 bits per heavy atom. The van der Waals surface area contributed by atoms with Crippen LogP contribution in [0.25, 0.3) is 0 Å². The summed E-state index contributed by atoms with van der Waals surface area (Å²) in [5, 5.41) is 9.11. The van der Waals surface area contributed by atoms with Crippen molar-refractivity contribution in [3.63, 3.8) is 0 Å². The molecule has 0 radical (unpaired) electrons. The minimum atomic E-state index is -0.353. The SMILES string of the molecule is CCCCOC(=O)CCCSCCN1C(=O)OCC1CO. The molecule has 0 aromatic carbocycles. The molecule has 122 valence electrons. The predicted molar refractivity (Wildman–Crippen MR) is 81.4 cm³/mol. The summed E-state index contributed by atoms with van der Waals surface area (Å²) in [4.78, 5) is 24.3. The third kappa shape index (κ3) is 7.04. The second-order valence-corrected chi connectivity index (χ2v) is 6.12. The lowest BCUT2D eigenvalue weighted by Crippen LogP contribution is -2.37. The maximum Gasteiger partial charge on any atom is 0.410 e. The zero-order valence-electron chi connectivity index (χ0n) is 12.6. The molecule has 6 nitrogen and oxygen atoms in total. The van der Waals surface area contributed by atoms with Crippen molar-refractivity contribution >= 4 is 23.8 Å². The van der Waals surface area contributed by atoms with Gasteiger partial charge in [-0.15, -0.1) is 0 Å². The van der Waals surface area contributed by atoms with E-state index in [1.165, 1.54) is 0 Å². The molecule has 1 fully saturated rings. The molecule has 1 amide bonds. The number of ether oxygens (including phenoxy) is 2. The summed E-state index contributed by atoms with van der Waals surface area (Å²) in [5.74, 6) is 1.50. The maximum atomic E-state index is 11.4. The lowest BCUT2D eigenvalue weighted by atomic mass is 10.3. The van der Waals surface area contributed by atoms with Crippen molar-refractivity contribution in [3.05, 3.63) is 0 Å². The van der Waals surface area contributed by atoms with E-state index in [0.29, 0.717) is 19.6 Å². The minimum absolute atomic E-state index is 0.0694. The summed E-state index contributed by atoms with van der Waals surface area (Å²) in [6.07, 6.45) is 2.81. The van der Waals surface area contributed by atoms with Gasteiger partial charge in [0.05, 0.1) is 19.3 Å². The van der Waals surface area contributed by atoms with Crippen LogP contribution >= 0.6 is 11.8 Å². The molecule has 0 aromatic rings. The fraction of sp³-hybridized carbons (Fsp3) is 0.857. The molecule has 1 N–H and O–H groups in total. The van der Waals surface area contributed by atoms with E-state index in [0.717, 1.165) is 30.8 Å². The molecule has 7 heteroatoms. The van der Waals surface area contributed by atoms with Crippen molar-refractivity contribution in [1.29, 1.82) is 0 Å². The molecule has 1 atom stereocenters. The molecular formula is C14H25NO5S. The first-order chi connectivity index (χ1) is 10.2. The van der Waals surface area contributed by atoms with Crippen LogP contribution < -0.4 is 0 Å². The van der Waals surface area contributed by atoms with Crippen molar-refractivity contribution in [2.75, 3.05) is 37.9 Å². The van der Waals surface area contributed by atoms with E-state index in [4.69, 9.17) is 14.6 Å². The molecule has 1 aliphatic rings. The quantitative estimate of drug-likeness (QED) is 0.461. The highest BCUT2D eigenvalue weighted by atomic mass is 32.2. The number of cyclic esters (lactones) is 1. The number of thioether (sulfide) groups is 1. The Bertz CT molecular complexity index is 326. The van der Waals surface area contributed by atoms with E-state index in [1.807, 2.05) is 0 Å². The first kappa shape index (κ1) is 18.1. The number of hydrogen-bond acceptors (Lipinski definition) is 6. The van der Waals surface area contributed by atoms with Crippen LogP contribution in [-0.2, 0) is 14.3 Å². The van der Waals surface area contributed by atoms with Crippen LogP contribution in [0.1, 0.15) is 32.6 Å². The summed E-state index contributed by atoms with van der Waals surface area (Å²) >= 11 is 1.69. The highest BCUT2D eigenvalue weighted by Gasteiger charge is 2.31. The van der Waals surface area contributed by atoms with Crippen LogP contribution in [0.4, 0.5) is 4.79 Å². The van der Waals surface area contributed by atoms with Gasteiger partial charge in [0.15, 0.2) is 0 Å². The third-order valence-corrected chi connectivity index (χ3v) is 4.24. The molecule has 0 saturated carbocycles. The van der Waals surface area contributed by atoms with E-state index < -0.39 is 0 Å². The number of carbonyl (C=O) groups excluding carboxylic acids is 2. The first-order valence-corrected chi connectivity index (χ1v) is 8.62. The van der Waals surface area contributed by atoms with E-state index in [9.17, 15) is 9.59 Å². The van der Waals surface area contributed by atoms with Crippen LogP contribution in [-0.4, -0.2) is 66.0 Å². The number of amides is 1. The Morgan fingerprint density at radius 3 is 3.00 bits per heavy atom. The first-order valence-electron chi connectivity index (χ1n) is 7.46. The molecule has 0 spiro atoms. The summed E-state index contributed by atoms with van der Waals surface area (Å²) in [5.41, 5.74) is 0. The van der Waals surface area contributed by atoms with E-state index >= 15 is 0 Å². The van der Waals surface area contributed by atoms with Gasteiger partial charge in [0.25, 0.3) is 0 Å². The van der Waals surface area contributed by atoms with Gasteiger partial charge >= 0.3 is 12.1 Å². The fourth-order valence-corrected chi connectivity index (χ4v) is 2.78. The number of aliphatic hydroxyl groups is 1. The van der Waals surface area contributed by atoms with Crippen LogP contribution in [0.3, 0.4) is 0 Å². The third-order valence-electron chi connectivity index (χ3n) is 3.19. The van der Waals surface area contributed by atoms with Gasteiger partial charge < -0.3 is 14.6 Å². The molecule has 1 aliphatic heterocycles. The van der Waals surface area contributed by atoms with Gasteiger partial charge in [0, 0.05) is 18.7 Å². The summed E-state index contributed by atoms with van der Waals surface area (Å²) < 4.78 is 9.95. The Labute approximate surface area is 130 Å². The van der Waals surface area contributed by atoms with Gasteiger partial charge in [0.1, 0.15) is 6.61 Å². The van der Waals surface area contributed by atoms with Gasteiger partial charge in [-0.3, -0.25) is 9.69 Å². The van der Waals surface area contributed by atoms with Crippen molar-refractivity contribution in [2.24, 2.45) is 0 Å². The Balaban J connectivity index is 1.99. The number of aliphatic hydroxyl groups excluding tert-OH is 1. The van der Waals surface area contributed by atoms with Crippen LogP contribution in [0.5, 0.6) is 0 Å². The Morgan fingerprint density at radius 1 is 1.48 bits per heavy atom. The second kappa shape index (κ2) is 10.7. The largest absolute Gasteiger partial charge is 0.466 e. The van der Waals surface area contributed by atoms with Crippen molar-refractivity contribution < 1.29 is 24.2 Å². The number of carbonyl (C=O) groups is 2. The number of unbranched alkanes of at least 4 members (excludes halogenated alkanes) is 1. The van der Waals surface area contributed by atoms with E-state index in [1.54, 1.807) is 16.7 Å². The maximum absolute atomic E-state index is 11.4. The number of esters is 1. The smallest absolute Gasteiger partial charge is 0.410 e. The lowest BCUT2D eigenvalue weighted by molar-refractivity contribution is -0.143. The van der Waals surface area contributed by atoms with Gasteiger partial charge in [-0.25, -0.2) is 4.79 Å². The molecule has 0 aliphatic carbocycles. The number of nitrogens with zero attached hydrogens (tertiary/aromatic N) is 1. The number of rotatable bonds is 11. The highest BCUT2D eigenvalue weighted by molar-refractivity contribution is 7.99. The molecule has 21 heavy (non-hydrogen) atoms. The Hall–Kier alpha value is -0.950. The second-order valence-electron chi connectivity index (χ2n) is 4.90. The molecule has 0 aromatic heterocycles. The topological polar surface area (TPSA) is 76.1 Å². The molecule has 1 unspecified atom stereocenters. The summed E-state index contributed by atoms with van der Waals surface area (Å²) in [6.45, 7) is 3.34. The van der Waals surface area contributed by atoms with Crippen LogP contribution in [0.2, 0.25) is 0 Å². The van der Waals surface area contributed by atoms with Crippen LogP contribution in [0, 0.1) is 0 Å². The van der Waals surface area contributed by atoms with Crippen molar-refractivity contribution in [3.8, 4) is 0 Å². The fourth-order valence-electron chi connectivity index (χ4n) is 1.90. The molecule has 1 saturated heterocycles. The lowest BCUT2D eigenvalue weighted by Gasteiger charge is -2.18. The number of hydrogen-bond donors (Lipinski definition) is 1. The summed E-state index contributed by atoms with van der Waals surface area (Å²) in [6, 6.07) is -0.216. The normalized spacial score (nSPS) is 17.9. The van der Waals surface area contributed by atoms with Gasteiger partial charge in [-0.2, -0.15) is 11.8 Å². The zero-order chi connectivity index (χ0) is 15.5. The summed E-state index contributed by atoms with van der Waals surface area (Å²) in [7, 11) is 0. The Kier molecular flexibility index (Phi) is 9.25. The molecule has 1 rings (SSSR count). The average molecular weight is 319 g/mol. The monoisotopic (exact) mass is 319 g/mol. The van der Waals surface area contributed by atoms with E-state index in [-0.39, 0.29) is 31.3 Å². The van der Waals surface area contributed by atoms with Gasteiger partial charge in [-0.05, 0) is 18.6 Å². The van der Waals surface area contributed by atoms with Crippen LogP contribution in [0.15, 0.2) is 0 Å². The van der Waals surface area contributed by atoms with Gasteiger partial charge in [-0.1, -0.05) is 13.3 Å². The predicted octanol–water partition coefficient (Wildman–Crippen LogP) is 1.66. The average Bonchev–Trinajstić information content (AvgIpc) is 2.83. The van der Waals surface area contributed by atoms with E-state index in [2.05, 4.69) is 6.92 Å². The van der Waals surface area contributed by atoms with Gasteiger partial charge in [0.2, 0.25) is 0 Å². The molecule has 0 bridgehead atoms. The van der Waals surface area contributed by atoms with Crippen molar-refractivity contribution in [2.45, 2.75) is 38.6 Å². The highest BCUT2D eigenvalue weighted by Crippen LogP contribution is 2.14.